The van der Waals surface area contributed by atoms with Gasteiger partial charge >= 0.3 is 0 Å². The van der Waals surface area contributed by atoms with Crippen LogP contribution in [0.4, 0.5) is 0 Å². The second kappa shape index (κ2) is 8.91. The standard InChI is InChI=1S/C14H21ClN2O2/c1-17(10-11-19-2)9-8-16-14(18)13(15)12-6-4-3-5-7-12/h3-7,13H,8-11H2,1-2H3,(H,16,18). The summed E-state index contributed by atoms with van der Waals surface area (Å²) >= 11 is 6.11. The van der Waals surface area contributed by atoms with Gasteiger partial charge in [0.2, 0.25) is 5.91 Å². The van der Waals surface area contributed by atoms with Crippen LogP contribution in [0.5, 0.6) is 0 Å². The van der Waals surface area contributed by atoms with Crippen molar-refractivity contribution >= 4 is 17.5 Å². The molecular weight excluding hydrogens is 264 g/mol. The van der Waals surface area contributed by atoms with Crippen LogP contribution in [0.3, 0.4) is 0 Å². The number of likely N-dealkylation sites (N-methyl/N-ethyl adjacent to an activating group) is 1. The summed E-state index contributed by atoms with van der Waals surface area (Å²) in [7, 11) is 3.66. The Labute approximate surface area is 119 Å². The van der Waals surface area contributed by atoms with E-state index in [0.29, 0.717) is 13.2 Å². The van der Waals surface area contributed by atoms with Gasteiger partial charge in [-0.3, -0.25) is 4.79 Å². The predicted octanol–water partition coefficient (Wildman–Crippen LogP) is 1.66. The minimum atomic E-state index is -0.634. The number of ether oxygens (including phenoxy) is 1. The number of halogens is 1. The summed E-state index contributed by atoms with van der Waals surface area (Å²) in [6, 6.07) is 9.34. The molecule has 0 spiro atoms. The van der Waals surface area contributed by atoms with Crippen LogP contribution < -0.4 is 5.32 Å². The Balaban J connectivity index is 2.28. The van der Waals surface area contributed by atoms with E-state index < -0.39 is 5.38 Å². The zero-order valence-electron chi connectivity index (χ0n) is 11.4. The number of nitrogens with one attached hydrogen (secondary N) is 1. The summed E-state index contributed by atoms with van der Waals surface area (Å²) < 4.78 is 4.99. The van der Waals surface area contributed by atoms with Crippen LogP contribution in [0.1, 0.15) is 10.9 Å². The first-order chi connectivity index (χ1) is 9.15. The number of methoxy groups -OCH3 is 1. The smallest absolute Gasteiger partial charge is 0.242 e. The molecule has 1 rings (SSSR count). The molecule has 0 aliphatic heterocycles. The van der Waals surface area contributed by atoms with Crippen molar-refractivity contribution in [3.63, 3.8) is 0 Å². The van der Waals surface area contributed by atoms with E-state index in [0.717, 1.165) is 18.7 Å². The Hall–Kier alpha value is -1.10. The predicted molar refractivity (Wildman–Crippen MR) is 77.4 cm³/mol. The molecule has 1 N–H and O–H groups in total. The third-order valence-electron chi connectivity index (χ3n) is 2.79. The lowest BCUT2D eigenvalue weighted by molar-refractivity contribution is -0.120. The van der Waals surface area contributed by atoms with Crippen molar-refractivity contribution < 1.29 is 9.53 Å². The number of amides is 1. The quantitative estimate of drug-likeness (QED) is 0.738. The molecule has 0 fully saturated rings. The van der Waals surface area contributed by atoms with E-state index in [-0.39, 0.29) is 5.91 Å². The fraction of sp³-hybridized carbons (Fsp3) is 0.500. The number of rotatable bonds is 8. The van der Waals surface area contributed by atoms with Gasteiger partial charge in [-0.05, 0) is 12.6 Å². The van der Waals surface area contributed by atoms with Gasteiger partial charge in [-0.2, -0.15) is 0 Å². The Morgan fingerprint density at radius 2 is 2.05 bits per heavy atom. The lowest BCUT2D eigenvalue weighted by atomic mass is 10.1. The molecule has 1 amide bonds. The summed E-state index contributed by atoms with van der Waals surface area (Å²) in [5, 5.41) is 2.20. The number of alkyl halides is 1. The van der Waals surface area contributed by atoms with Crippen molar-refractivity contribution in [1.29, 1.82) is 0 Å². The maximum absolute atomic E-state index is 11.9. The van der Waals surface area contributed by atoms with E-state index in [9.17, 15) is 4.79 Å². The molecule has 0 aliphatic rings. The van der Waals surface area contributed by atoms with Crippen LogP contribution in [0.2, 0.25) is 0 Å². The molecule has 106 valence electrons. The SMILES string of the molecule is COCCN(C)CCNC(=O)C(Cl)c1ccccc1. The van der Waals surface area contributed by atoms with Crippen LogP contribution in [0.15, 0.2) is 30.3 Å². The van der Waals surface area contributed by atoms with E-state index >= 15 is 0 Å². The summed E-state index contributed by atoms with van der Waals surface area (Å²) in [5.41, 5.74) is 0.814. The number of hydrogen-bond acceptors (Lipinski definition) is 3. The molecule has 0 bridgehead atoms. The maximum atomic E-state index is 11.9. The molecule has 19 heavy (non-hydrogen) atoms. The third kappa shape index (κ3) is 6.05. The summed E-state index contributed by atoms with van der Waals surface area (Å²) in [4.78, 5) is 13.9. The molecule has 0 saturated carbocycles. The lowest BCUT2D eigenvalue weighted by Gasteiger charge is -2.17. The molecule has 0 radical (unpaired) electrons. The molecule has 5 heteroatoms. The number of carbonyl (C=O) groups excluding carboxylic acids is 1. The first-order valence-corrected chi connectivity index (χ1v) is 6.73. The van der Waals surface area contributed by atoms with Crippen molar-refractivity contribution in [1.82, 2.24) is 10.2 Å². The van der Waals surface area contributed by atoms with Gasteiger partial charge in [0.25, 0.3) is 0 Å². The van der Waals surface area contributed by atoms with Gasteiger partial charge in [-0.15, -0.1) is 11.6 Å². The van der Waals surface area contributed by atoms with E-state index in [1.54, 1.807) is 7.11 Å². The monoisotopic (exact) mass is 284 g/mol. The Bertz CT molecular complexity index is 373. The largest absolute Gasteiger partial charge is 0.383 e. The van der Waals surface area contributed by atoms with Gasteiger partial charge < -0.3 is 15.0 Å². The molecule has 0 saturated heterocycles. The van der Waals surface area contributed by atoms with Crippen LogP contribution in [0.25, 0.3) is 0 Å². The lowest BCUT2D eigenvalue weighted by Crippen LogP contribution is -2.35. The molecule has 1 aromatic carbocycles. The van der Waals surface area contributed by atoms with Crippen LogP contribution in [0, 0.1) is 0 Å². The first-order valence-electron chi connectivity index (χ1n) is 6.29. The van der Waals surface area contributed by atoms with Gasteiger partial charge in [0.05, 0.1) is 6.61 Å². The fourth-order valence-electron chi connectivity index (χ4n) is 1.59. The maximum Gasteiger partial charge on any atom is 0.242 e. The minimum Gasteiger partial charge on any atom is -0.383 e. The van der Waals surface area contributed by atoms with E-state index in [2.05, 4.69) is 10.2 Å². The van der Waals surface area contributed by atoms with E-state index in [4.69, 9.17) is 16.3 Å². The van der Waals surface area contributed by atoms with Crippen molar-refractivity contribution in [2.45, 2.75) is 5.38 Å². The molecule has 0 aliphatic carbocycles. The van der Waals surface area contributed by atoms with Crippen molar-refractivity contribution in [2.24, 2.45) is 0 Å². The highest BCUT2D eigenvalue weighted by atomic mass is 35.5. The third-order valence-corrected chi connectivity index (χ3v) is 3.24. The van der Waals surface area contributed by atoms with E-state index in [1.165, 1.54) is 0 Å². The van der Waals surface area contributed by atoms with Crippen molar-refractivity contribution in [2.75, 3.05) is 40.4 Å². The summed E-state index contributed by atoms with van der Waals surface area (Å²) in [5.74, 6) is -0.159. The minimum absolute atomic E-state index is 0.159. The topological polar surface area (TPSA) is 41.6 Å². The Kier molecular flexibility index (Phi) is 7.48. The highest BCUT2D eigenvalue weighted by Gasteiger charge is 2.16. The Morgan fingerprint density at radius 1 is 1.37 bits per heavy atom. The van der Waals surface area contributed by atoms with Gasteiger partial charge in [0.15, 0.2) is 0 Å². The first kappa shape index (κ1) is 16.0. The molecule has 0 heterocycles. The average molecular weight is 285 g/mol. The van der Waals surface area contributed by atoms with Crippen molar-refractivity contribution in [3.05, 3.63) is 35.9 Å². The Morgan fingerprint density at radius 3 is 2.68 bits per heavy atom. The normalized spacial score (nSPS) is 12.4. The fourth-order valence-corrected chi connectivity index (χ4v) is 1.81. The van der Waals surface area contributed by atoms with Crippen LogP contribution >= 0.6 is 11.6 Å². The second-order valence-electron chi connectivity index (χ2n) is 4.36. The van der Waals surface area contributed by atoms with Crippen molar-refractivity contribution in [3.8, 4) is 0 Å². The van der Waals surface area contributed by atoms with E-state index in [1.807, 2.05) is 37.4 Å². The van der Waals surface area contributed by atoms with Crippen LogP contribution in [-0.2, 0) is 9.53 Å². The van der Waals surface area contributed by atoms with Gasteiger partial charge in [-0.1, -0.05) is 30.3 Å². The zero-order chi connectivity index (χ0) is 14.1. The molecule has 0 aromatic heterocycles. The highest BCUT2D eigenvalue weighted by molar-refractivity contribution is 6.30. The molecule has 4 nitrogen and oxygen atoms in total. The van der Waals surface area contributed by atoms with Crippen LogP contribution in [-0.4, -0.2) is 51.2 Å². The molecule has 1 unspecified atom stereocenters. The highest BCUT2D eigenvalue weighted by Crippen LogP contribution is 2.19. The number of benzene rings is 1. The molecule has 1 atom stereocenters. The number of hydrogen-bond donors (Lipinski definition) is 1. The van der Waals surface area contributed by atoms with Gasteiger partial charge in [-0.25, -0.2) is 0 Å². The number of carbonyl (C=O) groups is 1. The average Bonchev–Trinajstić information content (AvgIpc) is 2.45. The summed E-state index contributed by atoms with van der Waals surface area (Å²) in [6.45, 7) is 2.88. The van der Waals surface area contributed by atoms with Gasteiger partial charge in [0.1, 0.15) is 5.38 Å². The second-order valence-corrected chi connectivity index (χ2v) is 4.80. The van der Waals surface area contributed by atoms with Gasteiger partial charge in [0, 0.05) is 26.7 Å². The molecule has 1 aromatic rings. The molecular formula is C14H21ClN2O2. The zero-order valence-corrected chi connectivity index (χ0v) is 12.2. The summed E-state index contributed by atoms with van der Waals surface area (Å²) in [6.07, 6.45) is 0. The number of nitrogens with zero attached hydrogens (tertiary/aromatic N) is 1.